The summed E-state index contributed by atoms with van der Waals surface area (Å²) in [7, 11) is 0. The van der Waals surface area contributed by atoms with Crippen LogP contribution in [-0.2, 0) is 4.74 Å². The van der Waals surface area contributed by atoms with Crippen molar-refractivity contribution in [2.24, 2.45) is 0 Å². The molecule has 1 aromatic heterocycles. The SMILES string of the molecule is N#Cc1cc(-c2ccc(Cl)cc2)c(-c2ccc(Cl)cc2Cl)nc1OC1CCOC1. The highest BCUT2D eigenvalue weighted by atomic mass is 35.5. The third kappa shape index (κ3) is 4.34. The fourth-order valence-corrected chi connectivity index (χ4v) is 3.79. The Labute approximate surface area is 183 Å². The lowest BCUT2D eigenvalue weighted by Gasteiger charge is -2.17. The molecule has 1 saturated heterocycles. The Balaban J connectivity index is 1.90. The van der Waals surface area contributed by atoms with Crippen LogP contribution in [0.3, 0.4) is 0 Å². The highest BCUT2D eigenvalue weighted by Gasteiger charge is 2.23. The predicted octanol–water partition coefficient (Wildman–Crippen LogP) is 6.42. The molecule has 3 aromatic rings. The second-order valence-electron chi connectivity index (χ2n) is 6.58. The zero-order valence-electron chi connectivity index (χ0n) is 15.2. The van der Waals surface area contributed by atoms with Crippen LogP contribution in [0.1, 0.15) is 12.0 Å². The molecule has 4 rings (SSSR count). The number of hydrogen-bond acceptors (Lipinski definition) is 4. The first-order valence-corrected chi connectivity index (χ1v) is 10.1. The van der Waals surface area contributed by atoms with Crippen LogP contribution in [0, 0.1) is 11.3 Å². The summed E-state index contributed by atoms with van der Waals surface area (Å²) in [6, 6.07) is 16.5. The fraction of sp³-hybridized carbons (Fsp3) is 0.182. The van der Waals surface area contributed by atoms with Gasteiger partial charge in [-0.2, -0.15) is 5.26 Å². The van der Waals surface area contributed by atoms with Crippen LogP contribution >= 0.6 is 34.8 Å². The van der Waals surface area contributed by atoms with E-state index in [1.807, 2.05) is 12.1 Å². The third-order valence-corrected chi connectivity index (χ3v) is 5.42. The van der Waals surface area contributed by atoms with E-state index in [4.69, 9.17) is 49.3 Å². The van der Waals surface area contributed by atoms with Gasteiger partial charge >= 0.3 is 0 Å². The minimum atomic E-state index is -0.135. The number of nitrogens with zero attached hydrogens (tertiary/aromatic N) is 2. The Bertz CT molecular complexity index is 1090. The van der Waals surface area contributed by atoms with Crippen molar-refractivity contribution in [2.45, 2.75) is 12.5 Å². The Kier molecular flexibility index (Phi) is 5.94. The summed E-state index contributed by atoms with van der Waals surface area (Å²) < 4.78 is 11.4. The molecule has 1 fully saturated rings. The Morgan fingerprint density at radius 2 is 1.76 bits per heavy atom. The zero-order chi connectivity index (χ0) is 20.4. The van der Waals surface area contributed by atoms with Crippen LogP contribution < -0.4 is 4.74 Å². The van der Waals surface area contributed by atoms with Gasteiger partial charge in [-0.1, -0.05) is 46.9 Å². The van der Waals surface area contributed by atoms with E-state index in [9.17, 15) is 5.26 Å². The van der Waals surface area contributed by atoms with Crippen LogP contribution in [0.5, 0.6) is 5.88 Å². The number of aromatic nitrogens is 1. The van der Waals surface area contributed by atoms with Gasteiger partial charge in [-0.15, -0.1) is 0 Å². The molecule has 0 spiro atoms. The van der Waals surface area contributed by atoms with E-state index in [1.165, 1.54) is 0 Å². The molecule has 29 heavy (non-hydrogen) atoms. The van der Waals surface area contributed by atoms with Gasteiger partial charge in [0.2, 0.25) is 5.88 Å². The first kappa shape index (κ1) is 20.0. The second-order valence-corrected chi connectivity index (χ2v) is 7.86. The molecule has 0 N–H and O–H groups in total. The average molecular weight is 446 g/mol. The van der Waals surface area contributed by atoms with E-state index < -0.39 is 0 Å². The standard InChI is InChI=1S/C22H15Cl3N2O2/c23-15-3-1-13(2-4-15)19-9-14(11-26)22(29-17-7-8-28-12-17)27-21(19)18-6-5-16(24)10-20(18)25/h1-6,9-10,17H,7-8,12H2. The van der Waals surface area contributed by atoms with Crippen molar-refractivity contribution >= 4 is 34.8 Å². The van der Waals surface area contributed by atoms with Crippen molar-refractivity contribution in [2.75, 3.05) is 13.2 Å². The Morgan fingerprint density at radius 1 is 1.00 bits per heavy atom. The summed E-state index contributed by atoms with van der Waals surface area (Å²) in [5.41, 5.74) is 3.24. The normalized spacial score (nSPS) is 15.9. The lowest BCUT2D eigenvalue weighted by molar-refractivity contribution is 0.138. The Hall–Kier alpha value is -2.29. The molecule has 146 valence electrons. The highest BCUT2D eigenvalue weighted by molar-refractivity contribution is 6.36. The number of rotatable bonds is 4. The summed E-state index contributed by atoms with van der Waals surface area (Å²) in [5.74, 6) is 0.265. The van der Waals surface area contributed by atoms with E-state index >= 15 is 0 Å². The summed E-state index contributed by atoms with van der Waals surface area (Å²) in [5, 5.41) is 11.3. The maximum Gasteiger partial charge on any atom is 0.232 e. The van der Waals surface area contributed by atoms with Crippen LogP contribution in [0.25, 0.3) is 22.4 Å². The fourth-order valence-electron chi connectivity index (χ4n) is 3.17. The van der Waals surface area contributed by atoms with Crippen molar-refractivity contribution in [3.8, 4) is 34.3 Å². The van der Waals surface area contributed by atoms with Crippen molar-refractivity contribution in [1.29, 1.82) is 5.26 Å². The van der Waals surface area contributed by atoms with Crippen LogP contribution in [-0.4, -0.2) is 24.3 Å². The summed E-state index contributed by atoms with van der Waals surface area (Å²) in [4.78, 5) is 4.71. The van der Waals surface area contributed by atoms with Crippen molar-refractivity contribution in [3.63, 3.8) is 0 Å². The number of halogens is 3. The number of hydrogen-bond donors (Lipinski definition) is 0. The van der Waals surface area contributed by atoms with Gasteiger partial charge in [0.25, 0.3) is 0 Å². The molecule has 2 heterocycles. The van der Waals surface area contributed by atoms with Gasteiger partial charge in [0, 0.05) is 27.6 Å². The summed E-state index contributed by atoms with van der Waals surface area (Å²) >= 11 is 18.6. The van der Waals surface area contributed by atoms with E-state index in [-0.39, 0.29) is 12.0 Å². The van der Waals surface area contributed by atoms with Gasteiger partial charge in [0.1, 0.15) is 17.7 Å². The predicted molar refractivity (Wildman–Crippen MR) is 115 cm³/mol. The van der Waals surface area contributed by atoms with E-state index in [0.717, 1.165) is 17.5 Å². The van der Waals surface area contributed by atoms with Gasteiger partial charge < -0.3 is 9.47 Å². The lowest BCUT2D eigenvalue weighted by atomic mass is 9.97. The van der Waals surface area contributed by atoms with E-state index in [2.05, 4.69) is 6.07 Å². The number of nitriles is 1. The molecule has 0 saturated carbocycles. The quantitative estimate of drug-likeness (QED) is 0.465. The molecule has 1 atom stereocenters. The molecule has 2 aromatic carbocycles. The smallest absolute Gasteiger partial charge is 0.232 e. The molecule has 1 unspecified atom stereocenters. The number of ether oxygens (including phenoxy) is 2. The van der Waals surface area contributed by atoms with E-state index in [0.29, 0.717) is 45.1 Å². The van der Waals surface area contributed by atoms with Gasteiger partial charge in [-0.05, 0) is 42.0 Å². The minimum Gasteiger partial charge on any atom is -0.471 e. The highest BCUT2D eigenvalue weighted by Crippen LogP contribution is 2.39. The molecule has 0 amide bonds. The van der Waals surface area contributed by atoms with Gasteiger partial charge in [0.05, 0.1) is 23.9 Å². The van der Waals surface area contributed by atoms with Gasteiger partial charge in [-0.25, -0.2) is 4.98 Å². The van der Waals surface area contributed by atoms with Crippen LogP contribution in [0.2, 0.25) is 15.1 Å². The molecular formula is C22H15Cl3N2O2. The van der Waals surface area contributed by atoms with Crippen LogP contribution in [0.4, 0.5) is 0 Å². The maximum atomic E-state index is 9.69. The maximum absolute atomic E-state index is 9.69. The topological polar surface area (TPSA) is 55.1 Å². The summed E-state index contributed by atoms with van der Waals surface area (Å²) in [6.07, 6.45) is 0.618. The molecule has 1 aliphatic heterocycles. The van der Waals surface area contributed by atoms with E-state index in [1.54, 1.807) is 36.4 Å². The van der Waals surface area contributed by atoms with Crippen molar-refractivity contribution in [1.82, 2.24) is 4.98 Å². The molecular weight excluding hydrogens is 431 g/mol. The largest absolute Gasteiger partial charge is 0.471 e. The molecule has 7 heteroatoms. The number of pyridine rings is 1. The van der Waals surface area contributed by atoms with Crippen molar-refractivity contribution in [3.05, 3.63) is 69.2 Å². The first-order valence-electron chi connectivity index (χ1n) is 8.96. The lowest BCUT2D eigenvalue weighted by Crippen LogP contribution is -2.17. The molecule has 0 radical (unpaired) electrons. The summed E-state index contributed by atoms with van der Waals surface area (Å²) in [6.45, 7) is 1.10. The molecule has 0 bridgehead atoms. The molecule has 1 aliphatic rings. The monoisotopic (exact) mass is 444 g/mol. The first-order chi connectivity index (χ1) is 14.0. The Morgan fingerprint density at radius 3 is 2.41 bits per heavy atom. The molecule has 4 nitrogen and oxygen atoms in total. The average Bonchev–Trinajstić information content (AvgIpc) is 3.22. The number of benzene rings is 2. The zero-order valence-corrected chi connectivity index (χ0v) is 17.4. The third-order valence-electron chi connectivity index (χ3n) is 4.62. The van der Waals surface area contributed by atoms with Gasteiger partial charge in [0.15, 0.2) is 0 Å². The van der Waals surface area contributed by atoms with Gasteiger partial charge in [-0.3, -0.25) is 0 Å². The molecule has 0 aliphatic carbocycles. The van der Waals surface area contributed by atoms with Crippen LogP contribution in [0.15, 0.2) is 48.5 Å². The van der Waals surface area contributed by atoms with Crippen molar-refractivity contribution < 1.29 is 9.47 Å². The minimum absolute atomic E-state index is 0.135. The second kappa shape index (κ2) is 8.61.